The molecule has 0 unspecified atom stereocenters. The van der Waals surface area contributed by atoms with E-state index in [0.29, 0.717) is 5.69 Å². The zero-order valence-corrected chi connectivity index (χ0v) is 10.8. The maximum absolute atomic E-state index is 11.0. The topological polar surface area (TPSA) is 147 Å². The van der Waals surface area contributed by atoms with Crippen LogP contribution < -0.4 is 5.32 Å². The van der Waals surface area contributed by atoms with Gasteiger partial charge in [0, 0.05) is 18.3 Å². The van der Waals surface area contributed by atoms with E-state index in [1.807, 2.05) is 0 Å². The second-order valence-electron chi connectivity index (χ2n) is 3.59. The van der Waals surface area contributed by atoms with Crippen LogP contribution in [0.15, 0.2) is 24.3 Å². The molecule has 8 nitrogen and oxygen atoms in total. The second-order valence-corrected chi connectivity index (χ2v) is 7.60. The van der Waals surface area contributed by atoms with Gasteiger partial charge in [0.05, 0.1) is 0 Å². The van der Waals surface area contributed by atoms with Crippen molar-refractivity contribution in [3.05, 3.63) is 24.3 Å². The number of anilines is 1. The highest BCUT2D eigenvalue weighted by atomic mass is 31.2. The van der Waals surface area contributed by atoms with Crippen molar-refractivity contribution in [3.8, 4) is 5.75 Å². The molecule has 0 saturated carbocycles. The van der Waals surface area contributed by atoms with E-state index in [4.69, 9.17) is 24.7 Å². The van der Waals surface area contributed by atoms with E-state index in [2.05, 4.69) is 5.32 Å². The van der Waals surface area contributed by atoms with Crippen molar-refractivity contribution >= 4 is 20.9 Å². The maximum atomic E-state index is 11.0. The molecular weight excluding hydrogens is 284 g/mol. The van der Waals surface area contributed by atoms with Crippen molar-refractivity contribution in [2.75, 3.05) is 11.9 Å². The van der Waals surface area contributed by atoms with Gasteiger partial charge in [0.2, 0.25) is 0 Å². The molecule has 0 amide bonds. The van der Waals surface area contributed by atoms with Gasteiger partial charge in [0.25, 0.3) is 0 Å². The van der Waals surface area contributed by atoms with E-state index >= 15 is 0 Å². The van der Waals surface area contributed by atoms with Crippen LogP contribution in [0.3, 0.4) is 0 Å². The normalized spacial score (nSPS) is 12.7. The Balaban J connectivity index is 2.82. The Morgan fingerprint density at radius 1 is 1.11 bits per heavy atom. The van der Waals surface area contributed by atoms with E-state index < -0.39 is 27.1 Å². The van der Waals surface area contributed by atoms with Crippen LogP contribution >= 0.6 is 15.2 Å². The molecule has 0 fully saturated rings. The zero-order valence-electron chi connectivity index (χ0n) is 9.04. The Hall–Kier alpha value is -0.880. The lowest BCUT2D eigenvalue weighted by atomic mass is 10.3. The third-order valence-corrected chi connectivity index (χ3v) is 5.83. The average Bonchev–Trinajstić information content (AvgIpc) is 2.13. The first-order chi connectivity index (χ1) is 8.10. The Labute approximate surface area is 103 Å². The minimum Gasteiger partial charge on any atom is -0.508 e. The van der Waals surface area contributed by atoms with Crippen LogP contribution in [0.5, 0.6) is 5.75 Å². The molecule has 0 heterocycles. The van der Waals surface area contributed by atoms with Gasteiger partial charge in [-0.1, -0.05) is 6.07 Å². The van der Waals surface area contributed by atoms with Gasteiger partial charge in [-0.3, -0.25) is 9.13 Å². The lowest BCUT2D eigenvalue weighted by molar-refractivity contribution is 0.340. The summed E-state index contributed by atoms with van der Waals surface area (Å²) in [5, 5.41) is 9.49. The van der Waals surface area contributed by atoms with Gasteiger partial charge >= 0.3 is 15.2 Å². The molecule has 102 valence electrons. The lowest BCUT2D eigenvalue weighted by Crippen LogP contribution is -2.20. The van der Waals surface area contributed by atoms with Crippen LogP contribution in [0.2, 0.25) is 0 Å². The third kappa shape index (κ3) is 4.42. The highest BCUT2D eigenvalue weighted by Gasteiger charge is 2.43. The first kappa shape index (κ1) is 15.2. The summed E-state index contributed by atoms with van der Waals surface area (Å²) in [5.41, 5.74) is 0.293. The largest absolute Gasteiger partial charge is 0.508 e. The number of hydrogen-bond donors (Lipinski definition) is 6. The number of benzene rings is 1. The van der Waals surface area contributed by atoms with Crippen molar-refractivity contribution in [2.24, 2.45) is 0 Å². The summed E-state index contributed by atoms with van der Waals surface area (Å²) in [6, 6.07) is 5.60. The van der Waals surface area contributed by atoms with Gasteiger partial charge in [-0.25, -0.2) is 0 Å². The summed E-state index contributed by atoms with van der Waals surface area (Å²) in [6.07, 6.45) is 0. The van der Waals surface area contributed by atoms with Gasteiger partial charge < -0.3 is 30.0 Å². The van der Waals surface area contributed by atoms with E-state index in [1.54, 1.807) is 0 Å². The minimum absolute atomic E-state index is 0.0797. The van der Waals surface area contributed by atoms with Crippen LogP contribution in [0.4, 0.5) is 5.69 Å². The number of nitrogens with one attached hydrogen (secondary N) is 1. The van der Waals surface area contributed by atoms with Crippen molar-refractivity contribution in [1.29, 1.82) is 0 Å². The molecule has 1 aromatic rings. The number of hydrogen-bond acceptors (Lipinski definition) is 4. The van der Waals surface area contributed by atoms with E-state index in [1.165, 1.54) is 24.3 Å². The molecule has 0 spiro atoms. The van der Waals surface area contributed by atoms with Crippen LogP contribution in [0.25, 0.3) is 0 Å². The predicted molar refractivity (Wildman–Crippen MR) is 64.5 cm³/mol. The first-order valence-corrected chi connectivity index (χ1v) is 8.10. The second kappa shape index (κ2) is 5.40. The standard InChI is InChI=1S/C8H13NO7P2/c10-7-3-1-2-6(4-7)9-5-8(17(11,12)13)18(14,15)16/h1-4,8-10H,5H2,(H2,11,12,13)(H2,14,15,16). The molecule has 10 heteroatoms. The van der Waals surface area contributed by atoms with Crippen molar-refractivity contribution in [1.82, 2.24) is 0 Å². The summed E-state index contributed by atoms with van der Waals surface area (Å²) in [5.74, 6) is -0.0797. The fourth-order valence-electron chi connectivity index (χ4n) is 1.26. The zero-order chi connectivity index (χ0) is 14.0. The Morgan fingerprint density at radius 3 is 2.11 bits per heavy atom. The van der Waals surface area contributed by atoms with Gasteiger partial charge in [-0.2, -0.15) is 0 Å². The summed E-state index contributed by atoms with van der Waals surface area (Å²) in [4.78, 5) is 35.5. The quantitative estimate of drug-likeness (QED) is 0.430. The monoisotopic (exact) mass is 297 g/mol. The Kier molecular flexibility index (Phi) is 4.55. The van der Waals surface area contributed by atoms with Gasteiger partial charge in [0.1, 0.15) is 5.75 Å². The van der Waals surface area contributed by atoms with E-state index in [9.17, 15) is 9.13 Å². The van der Waals surface area contributed by atoms with E-state index in [-0.39, 0.29) is 5.75 Å². The smallest absolute Gasteiger partial charge is 0.342 e. The summed E-state index contributed by atoms with van der Waals surface area (Å²) < 4.78 is 22.0. The van der Waals surface area contributed by atoms with Gasteiger partial charge in [0.15, 0.2) is 5.40 Å². The van der Waals surface area contributed by atoms with Crippen LogP contribution in [-0.4, -0.2) is 36.6 Å². The lowest BCUT2D eigenvalue weighted by Gasteiger charge is -2.20. The summed E-state index contributed by atoms with van der Waals surface area (Å²) in [6.45, 7) is -0.613. The first-order valence-electron chi connectivity index (χ1n) is 4.74. The molecule has 0 aromatic heterocycles. The molecule has 0 atom stereocenters. The van der Waals surface area contributed by atoms with Gasteiger partial charge in [-0.05, 0) is 12.1 Å². The molecule has 18 heavy (non-hydrogen) atoms. The average molecular weight is 297 g/mol. The number of phenolic OH excluding ortho intramolecular Hbond substituents is 1. The highest BCUT2D eigenvalue weighted by molar-refractivity contribution is 7.70. The summed E-state index contributed by atoms with van der Waals surface area (Å²) >= 11 is 0. The SMILES string of the molecule is O=P(O)(O)C(CNc1cccc(O)c1)P(=O)(O)O. The number of aromatic hydroxyl groups is 1. The minimum atomic E-state index is -4.93. The number of phenols is 1. The fraction of sp³-hybridized carbons (Fsp3) is 0.250. The molecule has 0 aliphatic rings. The molecule has 0 bridgehead atoms. The molecule has 6 N–H and O–H groups in total. The highest BCUT2D eigenvalue weighted by Crippen LogP contribution is 2.59. The molecule has 0 saturated heterocycles. The molecule has 0 aliphatic carbocycles. The molecule has 1 aromatic carbocycles. The molecule has 1 rings (SSSR count). The number of rotatable bonds is 5. The molecule has 0 radical (unpaired) electrons. The Bertz CT molecular complexity index is 486. The molecular formula is C8H13NO7P2. The van der Waals surface area contributed by atoms with Crippen molar-refractivity contribution in [2.45, 2.75) is 5.40 Å². The summed E-state index contributed by atoms with van der Waals surface area (Å²) in [7, 11) is -9.87. The van der Waals surface area contributed by atoms with Gasteiger partial charge in [-0.15, -0.1) is 0 Å². The molecule has 0 aliphatic heterocycles. The Morgan fingerprint density at radius 2 is 1.67 bits per heavy atom. The van der Waals surface area contributed by atoms with E-state index in [0.717, 1.165) is 0 Å². The predicted octanol–water partition coefficient (Wildman–Crippen LogP) is 0.486. The third-order valence-electron chi connectivity index (χ3n) is 2.11. The van der Waals surface area contributed by atoms with Crippen molar-refractivity contribution in [3.63, 3.8) is 0 Å². The van der Waals surface area contributed by atoms with Crippen LogP contribution in [0.1, 0.15) is 0 Å². The van der Waals surface area contributed by atoms with Crippen LogP contribution in [0, 0.1) is 0 Å². The fourth-order valence-corrected chi connectivity index (χ4v) is 3.48. The van der Waals surface area contributed by atoms with Crippen molar-refractivity contribution < 1.29 is 33.8 Å². The maximum Gasteiger partial charge on any atom is 0.342 e. The van der Waals surface area contributed by atoms with Crippen LogP contribution in [-0.2, 0) is 9.13 Å².